The quantitative estimate of drug-likeness (QED) is 0.854. The molecule has 6 heteroatoms. The maximum absolute atomic E-state index is 12.8. The summed E-state index contributed by atoms with van der Waals surface area (Å²) in [4.78, 5) is 12.8. The van der Waals surface area contributed by atoms with E-state index in [0.29, 0.717) is 25.6 Å². The predicted molar refractivity (Wildman–Crippen MR) is 93.2 cm³/mol. The molecule has 1 spiro atoms. The number of carbonyl (C=O) groups is 1. The number of phenolic OH excluding ortho intramolecular Hbond substituents is 1. The summed E-state index contributed by atoms with van der Waals surface area (Å²) in [6, 6.07) is 3.43. The molecule has 2 atom stereocenters. The minimum absolute atomic E-state index is 0.0337. The first-order valence-corrected chi connectivity index (χ1v) is 8.89. The van der Waals surface area contributed by atoms with Gasteiger partial charge in [0.05, 0.1) is 18.8 Å². The van der Waals surface area contributed by atoms with Crippen molar-refractivity contribution in [3.63, 3.8) is 0 Å². The Morgan fingerprint density at radius 2 is 2.12 bits per heavy atom. The van der Waals surface area contributed by atoms with Crippen LogP contribution < -0.4 is 10.1 Å². The molecule has 2 fully saturated rings. The highest BCUT2D eigenvalue weighted by atomic mass is 16.5. The molecule has 1 aliphatic heterocycles. The number of rotatable bonds is 5. The monoisotopic (exact) mass is 349 g/mol. The van der Waals surface area contributed by atoms with Gasteiger partial charge in [0.2, 0.25) is 0 Å². The third-order valence-corrected chi connectivity index (χ3v) is 5.57. The van der Waals surface area contributed by atoms with Crippen molar-refractivity contribution in [3.05, 3.63) is 23.3 Å². The van der Waals surface area contributed by atoms with Gasteiger partial charge in [-0.2, -0.15) is 0 Å². The lowest BCUT2D eigenvalue weighted by Crippen LogP contribution is -2.66. The summed E-state index contributed by atoms with van der Waals surface area (Å²) in [5, 5.41) is 13.4. The molecular weight excluding hydrogens is 322 g/mol. The average Bonchev–Trinajstić information content (AvgIpc) is 2.63. The van der Waals surface area contributed by atoms with E-state index in [2.05, 4.69) is 5.32 Å². The Morgan fingerprint density at radius 1 is 1.40 bits per heavy atom. The van der Waals surface area contributed by atoms with E-state index in [1.54, 1.807) is 12.1 Å². The molecule has 138 valence electrons. The van der Waals surface area contributed by atoms with Gasteiger partial charge in [0.15, 0.2) is 11.5 Å². The van der Waals surface area contributed by atoms with Gasteiger partial charge < -0.3 is 24.6 Å². The van der Waals surface area contributed by atoms with Crippen LogP contribution in [0.1, 0.15) is 42.1 Å². The molecule has 0 radical (unpaired) electrons. The Kier molecular flexibility index (Phi) is 5.20. The van der Waals surface area contributed by atoms with Crippen molar-refractivity contribution in [2.75, 3.05) is 26.9 Å². The van der Waals surface area contributed by atoms with Crippen LogP contribution in [0.15, 0.2) is 12.1 Å². The number of aryl methyl sites for hydroxylation is 1. The molecule has 2 aliphatic rings. The number of hydrogen-bond acceptors (Lipinski definition) is 5. The molecule has 1 amide bonds. The lowest BCUT2D eigenvalue weighted by molar-refractivity contribution is -0.170. The van der Waals surface area contributed by atoms with Gasteiger partial charge >= 0.3 is 0 Å². The van der Waals surface area contributed by atoms with Crippen LogP contribution >= 0.6 is 0 Å². The van der Waals surface area contributed by atoms with Gasteiger partial charge in [-0.1, -0.05) is 0 Å². The fourth-order valence-electron chi connectivity index (χ4n) is 4.12. The Balaban J connectivity index is 1.78. The lowest BCUT2D eigenvalue weighted by Gasteiger charge is -2.57. The Labute approximate surface area is 148 Å². The Bertz CT molecular complexity index is 639. The van der Waals surface area contributed by atoms with Crippen LogP contribution in [0.5, 0.6) is 11.5 Å². The van der Waals surface area contributed by atoms with Gasteiger partial charge in [0.25, 0.3) is 5.91 Å². The predicted octanol–water partition coefficient (Wildman–Crippen LogP) is 2.41. The van der Waals surface area contributed by atoms with E-state index >= 15 is 0 Å². The smallest absolute Gasteiger partial charge is 0.255 e. The van der Waals surface area contributed by atoms with E-state index in [9.17, 15) is 9.90 Å². The number of carbonyl (C=O) groups excluding carboxylic acids is 1. The molecule has 25 heavy (non-hydrogen) atoms. The zero-order valence-corrected chi connectivity index (χ0v) is 15.1. The number of ether oxygens (including phenoxy) is 3. The zero-order chi connectivity index (χ0) is 18.0. The average molecular weight is 349 g/mol. The Morgan fingerprint density at radius 3 is 2.76 bits per heavy atom. The highest BCUT2D eigenvalue weighted by molar-refractivity contribution is 5.98. The van der Waals surface area contributed by atoms with Crippen LogP contribution in [0, 0.1) is 12.3 Å². The highest BCUT2D eigenvalue weighted by Crippen LogP contribution is 2.50. The van der Waals surface area contributed by atoms with Gasteiger partial charge in [0, 0.05) is 31.3 Å². The molecule has 1 saturated carbocycles. The fourth-order valence-corrected chi connectivity index (χ4v) is 4.12. The summed E-state index contributed by atoms with van der Waals surface area (Å²) < 4.78 is 16.6. The summed E-state index contributed by atoms with van der Waals surface area (Å²) in [5.41, 5.74) is 1.05. The van der Waals surface area contributed by atoms with Crippen LogP contribution in [-0.2, 0) is 9.47 Å². The minimum Gasteiger partial charge on any atom is -0.504 e. The number of methoxy groups -OCH3 is 1. The lowest BCUT2D eigenvalue weighted by atomic mass is 9.57. The minimum atomic E-state index is -0.273. The van der Waals surface area contributed by atoms with Crippen molar-refractivity contribution in [3.8, 4) is 11.5 Å². The first-order valence-electron chi connectivity index (χ1n) is 8.89. The van der Waals surface area contributed by atoms with Crippen LogP contribution in [0.2, 0.25) is 0 Å². The summed E-state index contributed by atoms with van der Waals surface area (Å²) in [7, 11) is 1.48. The third kappa shape index (κ3) is 3.20. The fraction of sp³-hybridized carbons (Fsp3) is 0.632. The maximum Gasteiger partial charge on any atom is 0.255 e. The van der Waals surface area contributed by atoms with Gasteiger partial charge in [-0.25, -0.2) is 0 Å². The topological polar surface area (TPSA) is 77.0 Å². The first-order chi connectivity index (χ1) is 12.0. The zero-order valence-electron chi connectivity index (χ0n) is 15.1. The van der Waals surface area contributed by atoms with Gasteiger partial charge in [-0.15, -0.1) is 0 Å². The number of amides is 1. The summed E-state index contributed by atoms with van der Waals surface area (Å²) in [5.74, 6) is -0.0793. The van der Waals surface area contributed by atoms with E-state index < -0.39 is 0 Å². The van der Waals surface area contributed by atoms with Crippen LogP contribution in [-0.4, -0.2) is 50.1 Å². The number of phenols is 1. The maximum atomic E-state index is 12.8. The van der Waals surface area contributed by atoms with Crippen molar-refractivity contribution in [2.24, 2.45) is 5.41 Å². The molecular formula is C19H27NO5. The highest BCUT2D eigenvalue weighted by Gasteiger charge is 2.56. The van der Waals surface area contributed by atoms with Gasteiger partial charge in [-0.05, 0) is 50.8 Å². The van der Waals surface area contributed by atoms with Crippen molar-refractivity contribution in [1.29, 1.82) is 0 Å². The second-order valence-corrected chi connectivity index (χ2v) is 6.91. The van der Waals surface area contributed by atoms with Crippen molar-refractivity contribution < 1.29 is 24.1 Å². The number of hydrogen-bond donors (Lipinski definition) is 2. The van der Waals surface area contributed by atoms with Crippen LogP contribution in [0.3, 0.4) is 0 Å². The SMILES string of the molecule is CCO[C@H]1C[C@H](NC(=O)c2cc(C)cc(OC)c2O)C12CCOCC2. The summed E-state index contributed by atoms with van der Waals surface area (Å²) >= 11 is 0. The first kappa shape index (κ1) is 18.0. The molecule has 0 bridgehead atoms. The number of aromatic hydroxyl groups is 1. The van der Waals surface area contributed by atoms with E-state index in [1.165, 1.54) is 7.11 Å². The van der Waals surface area contributed by atoms with E-state index in [1.807, 2.05) is 13.8 Å². The second-order valence-electron chi connectivity index (χ2n) is 6.91. The molecule has 1 saturated heterocycles. The number of nitrogens with one attached hydrogen (secondary N) is 1. The van der Waals surface area contributed by atoms with Gasteiger partial charge in [0.1, 0.15) is 0 Å². The van der Waals surface area contributed by atoms with E-state index in [0.717, 1.165) is 24.8 Å². The molecule has 2 N–H and O–H groups in total. The van der Waals surface area contributed by atoms with Crippen molar-refractivity contribution >= 4 is 5.91 Å². The third-order valence-electron chi connectivity index (χ3n) is 5.57. The molecule has 1 aromatic carbocycles. The van der Waals surface area contributed by atoms with Crippen molar-refractivity contribution in [1.82, 2.24) is 5.32 Å². The van der Waals surface area contributed by atoms with Crippen LogP contribution in [0.4, 0.5) is 0 Å². The van der Waals surface area contributed by atoms with Crippen molar-refractivity contribution in [2.45, 2.75) is 45.3 Å². The normalized spacial score (nSPS) is 24.6. The Hall–Kier alpha value is -1.79. The van der Waals surface area contributed by atoms with Gasteiger partial charge in [-0.3, -0.25) is 4.79 Å². The molecule has 1 aromatic rings. The standard InChI is InChI=1S/C19H27NO5/c1-4-25-16-11-15(19(16)5-7-24-8-6-19)20-18(22)13-9-12(2)10-14(23-3)17(13)21/h9-10,15-16,21H,4-8,11H2,1-3H3,(H,20,22)/t15-,16-/m0/s1. The molecule has 1 heterocycles. The van der Waals surface area contributed by atoms with Crippen LogP contribution in [0.25, 0.3) is 0 Å². The summed E-state index contributed by atoms with van der Waals surface area (Å²) in [6.07, 6.45) is 2.72. The summed E-state index contributed by atoms with van der Waals surface area (Å²) in [6.45, 7) is 5.92. The van der Waals surface area contributed by atoms with E-state index in [4.69, 9.17) is 14.2 Å². The van der Waals surface area contributed by atoms with E-state index in [-0.39, 0.29) is 34.8 Å². The second kappa shape index (κ2) is 7.22. The largest absolute Gasteiger partial charge is 0.504 e. The number of benzene rings is 1. The molecule has 6 nitrogen and oxygen atoms in total. The molecule has 1 aliphatic carbocycles. The molecule has 0 unspecified atom stereocenters. The molecule has 3 rings (SSSR count). The molecule has 0 aromatic heterocycles.